The van der Waals surface area contributed by atoms with E-state index in [1.165, 1.54) is 13.8 Å². The summed E-state index contributed by atoms with van der Waals surface area (Å²) < 4.78 is 49.4. The van der Waals surface area contributed by atoms with Crippen molar-refractivity contribution in [2.75, 3.05) is 13.2 Å². The van der Waals surface area contributed by atoms with Gasteiger partial charge in [0.15, 0.2) is 17.4 Å². The van der Waals surface area contributed by atoms with Crippen LogP contribution >= 0.6 is 23.5 Å². The van der Waals surface area contributed by atoms with Gasteiger partial charge in [-0.3, -0.25) is 9.05 Å². The Morgan fingerprint density at radius 3 is 1.56 bits per heavy atom. The molecule has 0 amide bonds. The zero-order valence-corrected chi connectivity index (χ0v) is 11.6. The maximum Gasteiger partial charge on any atom is 0.490 e. The third kappa shape index (κ3) is 9.82. The van der Waals surface area contributed by atoms with Crippen molar-refractivity contribution >= 4 is 40.8 Å². The Morgan fingerprint density at radius 1 is 0.889 bits per heavy atom. The molecular weight excluding hydrogens is 328 g/mol. The fourth-order valence-corrected chi connectivity index (χ4v) is 4.23. The largest absolute Gasteiger partial charge is 0.490 e. The molecule has 3 N–H and O–H groups in total. The first-order valence-corrected chi connectivity index (χ1v) is 8.72. The van der Waals surface area contributed by atoms with E-state index in [1.807, 2.05) is 0 Å². The van der Waals surface area contributed by atoms with Crippen LogP contribution in [0.1, 0.15) is 13.8 Å². The normalized spacial score (nSPS) is 15.8. The van der Waals surface area contributed by atoms with Gasteiger partial charge in [-0.15, -0.1) is 0 Å². The molecule has 0 aliphatic carbocycles. The van der Waals surface area contributed by atoms with E-state index >= 15 is 0 Å². The average molecular weight is 344 g/mol. The molecule has 1 atom stereocenters. The Hall–Kier alpha value is 0.942. The predicted molar refractivity (Wildman–Crippen MR) is 64.8 cm³/mol. The molecule has 0 saturated carbocycles. The van der Waals surface area contributed by atoms with Gasteiger partial charge in [0.25, 0.3) is 0 Å². The summed E-state index contributed by atoms with van der Waals surface area (Å²) in [6, 6.07) is 0. The molecule has 0 heterocycles. The third-order valence-electron chi connectivity index (χ3n) is 0.987. The number of phosphoric ester groups is 1. The van der Waals surface area contributed by atoms with E-state index in [1.54, 1.807) is 0 Å². The molecule has 0 spiro atoms. The molecule has 0 aliphatic heterocycles. The first-order valence-electron chi connectivity index (χ1n) is 4.23. The van der Waals surface area contributed by atoms with Crippen LogP contribution in [0.5, 0.6) is 0 Å². The van der Waals surface area contributed by atoms with Crippen molar-refractivity contribution in [3.05, 3.63) is 0 Å². The summed E-state index contributed by atoms with van der Waals surface area (Å²) in [5.41, 5.74) is 0. The zero-order valence-electron chi connectivity index (χ0n) is 8.96. The van der Waals surface area contributed by atoms with Gasteiger partial charge in [-0.1, -0.05) is 0 Å². The molecule has 0 rings (SSSR count). The van der Waals surface area contributed by atoms with Crippen molar-refractivity contribution in [2.45, 2.75) is 13.8 Å². The smallest absolute Gasteiger partial charge is 0.302 e. The van der Waals surface area contributed by atoms with Gasteiger partial charge in [0, 0.05) is 0 Å². The predicted octanol–water partition coefficient (Wildman–Crippen LogP) is 0.210. The Labute approximate surface area is 114 Å². The van der Waals surface area contributed by atoms with Crippen molar-refractivity contribution in [3.63, 3.8) is 0 Å². The molecule has 1 unspecified atom stereocenters. The van der Waals surface area contributed by atoms with Crippen molar-refractivity contribution in [2.24, 2.45) is 0 Å². The van der Waals surface area contributed by atoms with Crippen LogP contribution in [0, 0.1) is 0 Å². The van der Waals surface area contributed by atoms with E-state index in [0.717, 1.165) is 0 Å². The molecule has 14 heteroatoms. The van der Waals surface area contributed by atoms with Gasteiger partial charge in [0.1, 0.15) is 0 Å². The van der Waals surface area contributed by atoms with Crippen LogP contribution in [0.2, 0.25) is 0 Å². The van der Waals surface area contributed by atoms with Crippen LogP contribution in [0.25, 0.3) is 0 Å². The summed E-state index contributed by atoms with van der Waals surface area (Å²) in [5.74, 6) is 0. The minimum Gasteiger partial charge on any atom is -0.302 e. The summed E-state index contributed by atoms with van der Waals surface area (Å²) in [7, 11) is -15.0. The van der Waals surface area contributed by atoms with Gasteiger partial charge in [-0.05, 0) is 13.8 Å². The molecule has 0 aromatic carbocycles. The molecule has 0 fully saturated rings. The molecule has 0 aromatic rings. The van der Waals surface area contributed by atoms with Crippen LogP contribution in [-0.4, -0.2) is 45.3 Å². The summed E-state index contributed by atoms with van der Waals surface area (Å²) >= 11 is 0. The SMILES string of the molecule is CCOP(=O)(OCC)OP(=O)(O)OP(=O)(O)O.[AlH3]. The number of phosphoric acid groups is 3. The first-order chi connectivity index (χ1) is 7.54. The lowest BCUT2D eigenvalue weighted by molar-refractivity contribution is 0.146. The van der Waals surface area contributed by atoms with Gasteiger partial charge in [0.05, 0.1) is 13.2 Å². The molecule has 0 radical (unpaired) electrons. The van der Waals surface area contributed by atoms with Crippen molar-refractivity contribution in [1.29, 1.82) is 0 Å². The van der Waals surface area contributed by atoms with E-state index in [4.69, 9.17) is 14.7 Å². The van der Waals surface area contributed by atoms with E-state index < -0.39 is 23.5 Å². The van der Waals surface area contributed by atoms with E-state index in [9.17, 15) is 13.7 Å². The molecule has 0 saturated heterocycles. The highest BCUT2D eigenvalue weighted by Gasteiger charge is 2.42. The highest BCUT2D eigenvalue weighted by molar-refractivity contribution is 7.66. The molecule has 110 valence electrons. The maximum atomic E-state index is 11.6. The number of hydrogen-bond donors (Lipinski definition) is 3. The Balaban J connectivity index is 0. The van der Waals surface area contributed by atoms with Crippen molar-refractivity contribution < 1.29 is 46.0 Å². The lowest BCUT2D eigenvalue weighted by Crippen LogP contribution is -2.00. The van der Waals surface area contributed by atoms with Crippen LogP contribution in [0.15, 0.2) is 0 Å². The summed E-state index contributed by atoms with van der Waals surface area (Å²) in [5, 5.41) is 0. The van der Waals surface area contributed by atoms with Crippen LogP contribution in [0.3, 0.4) is 0 Å². The van der Waals surface area contributed by atoms with Gasteiger partial charge in [-0.25, -0.2) is 13.7 Å². The van der Waals surface area contributed by atoms with Crippen LogP contribution < -0.4 is 0 Å². The summed E-state index contributed by atoms with van der Waals surface area (Å²) in [6.07, 6.45) is 0. The minimum absolute atomic E-state index is 0. The molecule has 0 bridgehead atoms. The fraction of sp³-hybridized carbons (Fsp3) is 1.00. The molecule has 18 heavy (non-hydrogen) atoms. The maximum absolute atomic E-state index is 11.6. The molecular formula is C4H16AlO10P3. The highest BCUT2D eigenvalue weighted by atomic mass is 31.3. The third-order valence-corrected chi connectivity index (χ3v) is 5.44. The topological polar surface area (TPSA) is 149 Å². The molecule has 0 aliphatic rings. The Morgan fingerprint density at radius 2 is 1.28 bits per heavy atom. The summed E-state index contributed by atoms with van der Waals surface area (Å²) in [6.45, 7) is 2.46. The van der Waals surface area contributed by atoms with Gasteiger partial charge in [-0.2, -0.15) is 8.62 Å². The fourth-order valence-electron chi connectivity index (χ4n) is 0.676. The lowest BCUT2D eigenvalue weighted by Gasteiger charge is -2.18. The van der Waals surface area contributed by atoms with Crippen molar-refractivity contribution in [3.8, 4) is 0 Å². The monoisotopic (exact) mass is 344 g/mol. The van der Waals surface area contributed by atoms with E-state index in [0.29, 0.717) is 0 Å². The second-order valence-corrected chi connectivity index (χ2v) is 7.04. The standard InChI is InChI=1S/C4H13O10P3.Al.3H/c1-3-11-17(10,12-4-2)14-16(8,9)13-15(5,6)7;;;;/h3-4H2,1-2H3,(H,8,9)(H2,5,6,7);;;;. The molecule has 0 aromatic heterocycles. The van der Waals surface area contributed by atoms with Gasteiger partial charge >= 0.3 is 23.5 Å². The molecule has 10 nitrogen and oxygen atoms in total. The highest BCUT2D eigenvalue weighted by Crippen LogP contribution is 2.68. The Bertz CT molecular complexity index is 367. The zero-order chi connectivity index (χ0) is 13.7. The average Bonchev–Trinajstić information content (AvgIpc) is 1.96. The number of rotatable bonds is 8. The van der Waals surface area contributed by atoms with E-state index in [2.05, 4.69) is 17.7 Å². The van der Waals surface area contributed by atoms with Crippen LogP contribution in [0.4, 0.5) is 0 Å². The van der Waals surface area contributed by atoms with Crippen molar-refractivity contribution in [1.82, 2.24) is 0 Å². The van der Waals surface area contributed by atoms with E-state index in [-0.39, 0.29) is 30.6 Å². The quantitative estimate of drug-likeness (QED) is 0.412. The minimum atomic E-state index is -5.28. The second-order valence-electron chi connectivity index (χ2n) is 2.41. The summed E-state index contributed by atoms with van der Waals surface area (Å²) in [4.78, 5) is 25.6. The Kier molecular flexibility index (Phi) is 9.77. The first kappa shape index (κ1) is 21.2. The van der Waals surface area contributed by atoms with Crippen LogP contribution in [-0.2, 0) is 31.4 Å². The lowest BCUT2D eigenvalue weighted by atomic mass is 10.9. The number of hydrogen-bond acceptors (Lipinski definition) is 7. The van der Waals surface area contributed by atoms with Gasteiger partial charge < -0.3 is 14.7 Å². The second kappa shape index (κ2) is 8.28. The van der Waals surface area contributed by atoms with Gasteiger partial charge in [0.2, 0.25) is 0 Å².